The first-order valence-corrected chi connectivity index (χ1v) is 9.30. The maximum Gasteiger partial charge on any atom is 0.142 e. The summed E-state index contributed by atoms with van der Waals surface area (Å²) in [6.45, 7) is 2.50. The number of benzene rings is 1. The summed E-state index contributed by atoms with van der Waals surface area (Å²) in [5.74, 6) is 2.27. The van der Waals surface area contributed by atoms with Crippen molar-refractivity contribution in [3.8, 4) is 11.5 Å². The van der Waals surface area contributed by atoms with E-state index in [1.807, 2.05) is 37.3 Å². The third kappa shape index (κ3) is 4.81. The number of aromatic nitrogens is 3. The van der Waals surface area contributed by atoms with Crippen LogP contribution < -0.4 is 13.8 Å². The van der Waals surface area contributed by atoms with E-state index in [9.17, 15) is 0 Å². The quantitative estimate of drug-likeness (QED) is 0.424. The lowest BCUT2D eigenvalue weighted by Crippen LogP contribution is -2.16. The van der Waals surface area contributed by atoms with E-state index >= 15 is 0 Å². The summed E-state index contributed by atoms with van der Waals surface area (Å²) in [4.78, 5) is 13.6. The van der Waals surface area contributed by atoms with Crippen LogP contribution in [0.15, 0.2) is 53.9 Å². The molecule has 3 aromatic rings. The number of hydrogen-bond donors (Lipinski definition) is 0. The van der Waals surface area contributed by atoms with Crippen LogP contribution in [-0.2, 0) is 6.54 Å². The van der Waals surface area contributed by atoms with E-state index in [4.69, 9.17) is 21.1 Å². The maximum absolute atomic E-state index is 6.05. The predicted octanol–water partition coefficient (Wildman–Crippen LogP) is 4.56. The molecule has 8 heteroatoms. The van der Waals surface area contributed by atoms with Gasteiger partial charge in [-0.15, -0.1) is 0 Å². The van der Waals surface area contributed by atoms with Crippen molar-refractivity contribution in [2.24, 2.45) is 0 Å². The lowest BCUT2D eigenvalue weighted by atomic mass is 10.2. The van der Waals surface area contributed by atoms with Crippen molar-refractivity contribution in [3.05, 3.63) is 65.3 Å². The van der Waals surface area contributed by atoms with Crippen LogP contribution >= 0.6 is 23.5 Å². The molecule has 0 spiro atoms. The summed E-state index contributed by atoms with van der Waals surface area (Å²) in [6, 6.07) is 9.62. The highest BCUT2D eigenvalue weighted by atomic mass is 35.5. The van der Waals surface area contributed by atoms with Gasteiger partial charge in [0.15, 0.2) is 0 Å². The smallest absolute Gasteiger partial charge is 0.142 e. The molecular weight excluding hydrogens is 384 g/mol. The number of anilines is 1. The second-order valence-corrected chi connectivity index (χ2v) is 7.10. The molecule has 0 saturated carbocycles. The maximum atomic E-state index is 6.05. The second-order valence-electron chi connectivity index (χ2n) is 5.65. The Kier molecular flexibility index (Phi) is 6.36. The van der Waals surface area contributed by atoms with Gasteiger partial charge in [0.2, 0.25) is 0 Å². The summed E-state index contributed by atoms with van der Waals surface area (Å²) in [6.07, 6.45) is 4.99. The molecule has 2 aromatic heterocycles. The van der Waals surface area contributed by atoms with Crippen molar-refractivity contribution in [1.29, 1.82) is 0 Å². The molecule has 140 valence electrons. The third-order valence-corrected chi connectivity index (χ3v) is 5.20. The minimum Gasteiger partial charge on any atom is -0.497 e. The van der Waals surface area contributed by atoms with E-state index in [-0.39, 0.29) is 0 Å². The van der Waals surface area contributed by atoms with Crippen molar-refractivity contribution in [2.75, 3.05) is 18.5 Å². The van der Waals surface area contributed by atoms with Crippen molar-refractivity contribution in [3.63, 3.8) is 0 Å². The number of halogens is 1. The van der Waals surface area contributed by atoms with Crippen LogP contribution in [0, 0.1) is 6.92 Å². The molecule has 0 saturated heterocycles. The number of rotatable bonds is 7. The molecule has 0 fully saturated rings. The molecule has 3 rings (SSSR count). The Morgan fingerprint density at radius 2 is 1.96 bits per heavy atom. The Labute approximate surface area is 167 Å². The zero-order valence-corrected chi connectivity index (χ0v) is 16.8. The number of methoxy groups -OCH3 is 2. The zero-order chi connectivity index (χ0) is 19.2. The first-order chi connectivity index (χ1) is 13.1. The predicted molar refractivity (Wildman–Crippen MR) is 108 cm³/mol. The van der Waals surface area contributed by atoms with Crippen LogP contribution in [0.3, 0.4) is 0 Å². The molecule has 0 amide bonds. The summed E-state index contributed by atoms with van der Waals surface area (Å²) in [5, 5.41) is 0.504. The normalized spacial score (nSPS) is 10.5. The van der Waals surface area contributed by atoms with Gasteiger partial charge >= 0.3 is 0 Å². The van der Waals surface area contributed by atoms with Crippen LogP contribution in [0.2, 0.25) is 5.15 Å². The molecule has 0 aliphatic heterocycles. The van der Waals surface area contributed by atoms with Gasteiger partial charge in [-0.25, -0.2) is 15.0 Å². The van der Waals surface area contributed by atoms with Gasteiger partial charge in [0.05, 0.1) is 20.8 Å². The Morgan fingerprint density at radius 1 is 1.11 bits per heavy atom. The molecule has 0 aliphatic carbocycles. The van der Waals surface area contributed by atoms with Crippen LogP contribution in [0.4, 0.5) is 5.82 Å². The highest BCUT2D eigenvalue weighted by molar-refractivity contribution is 8.00. The molecule has 27 heavy (non-hydrogen) atoms. The molecular formula is C19H19ClN4O2S. The van der Waals surface area contributed by atoms with Crippen molar-refractivity contribution < 1.29 is 9.47 Å². The lowest BCUT2D eigenvalue weighted by molar-refractivity contribution is 0.391. The standard InChI is InChI=1S/C19H19ClN4O2S/c1-13-8-16(10-22-19(13)20)27-24(18-6-7-21-12-23-18)11-14-4-5-15(25-2)9-17(14)26-3/h4-10,12H,11H2,1-3H3. The Morgan fingerprint density at radius 3 is 2.63 bits per heavy atom. The van der Waals surface area contributed by atoms with E-state index in [2.05, 4.69) is 19.3 Å². The van der Waals surface area contributed by atoms with Gasteiger partial charge in [0.1, 0.15) is 28.8 Å². The molecule has 2 heterocycles. The van der Waals surface area contributed by atoms with Gasteiger partial charge in [0, 0.05) is 28.9 Å². The molecule has 0 unspecified atom stereocenters. The van der Waals surface area contributed by atoms with Gasteiger partial charge in [-0.2, -0.15) is 0 Å². The number of aryl methyl sites for hydroxylation is 1. The van der Waals surface area contributed by atoms with Crippen LogP contribution in [-0.4, -0.2) is 29.2 Å². The van der Waals surface area contributed by atoms with Crippen LogP contribution in [0.1, 0.15) is 11.1 Å². The molecule has 1 aromatic carbocycles. The molecule has 0 bridgehead atoms. The molecule has 0 N–H and O–H groups in total. The summed E-state index contributed by atoms with van der Waals surface area (Å²) in [7, 11) is 3.28. The van der Waals surface area contributed by atoms with Crippen LogP contribution in [0.25, 0.3) is 0 Å². The van der Waals surface area contributed by atoms with Gasteiger partial charge in [-0.05, 0) is 48.7 Å². The van der Waals surface area contributed by atoms with Crippen LogP contribution in [0.5, 0.6) is 11.5 Å². The Bertz CT molecular complexity index is 911. The van der Waals surface area contributed by atoms with Gasteiger partial charge < -0.3 is 9.47 Å². The highest BCUT2D eigenvalue weighted by Crippen LogP contribution is 2.33. The number of pyridine rings is 1. The zero-order valence-electron chi connectivity index (χ0n) is 15.2. The largest absolute Gasteiger partial charge is 0.497 e. The summed E-state index contributed by atoms with van der Waals surface area (Å²) < 4.78 is 12.9. The SMILES string of the molecule is COc1ccc(CN(Sc2cnc(Cl)c(C)c2)c2ccncn2)c(OC)c1. The van der Waals surface area contributed by atoms with E-state index in [1.54, 1.807) is 26.6 Å². The summed E-state index contributed by atoms with van der Waals surface area (Å²) in [5.41, 5.74) is 1.93. The molecule has 0 atom stereocenters. The first kappa shape index (κ1) is 19.3. The average molecular weight is 403 g/mol. The number of nitrogens with zero attached hydrogens (tertiary/aromatic N) is 4. The highest BCUT2D eigenvalue weighted by Gasteiger charge is 2.15. The fraction of sp³-hybridized carbons (Fsp3) is 0.211. The Hall–Kier alpha value is -2.51. The van der Waals surface area contributed by atoms with E-state index < -0.39 is 0 Å². The third-order valence-electron chi connectivity index (χ3n) is 3.83. The topological polar surface area (TPSA) is 60.4 Å². The molecule has 0 aliphatic rings. The van der Waals surface area contributed by atoms with Gasteiger partial charge in [0.25, 0.3) is 0 Å². The summed E-state index contributed by atoms with van der Waals surface area (Å²) >= 11 is 7.57. The Balaban J connectivity index is 1.92. The monoisotopic (exact) mass is 402 g/mol. The number of hydrogen-bond acceptors (Lipinski definition) is 7. The molecule has 6 nitrogen and oxygen atoms in total. The number of ether oxygens (including phenoxy) is 2. The first-order valence-electron chi connectivity index (χ1n) is 8.15. The van der Waals surface area contributed by atoms with Crippen molar-refractivity contribution in [1.82, 2.24) is 15.0 Å². The van der Waals surface area contributed by atoms with Gasteiger partial charge in [-0.3, -0.25) is 4.31 Å². The fourth-order valence-corrected chi connectivity index (χ4v) is 3.53. The molecule has 0 radical (unpaired) electrons. The lowest BCUT2D eigenvalue weighted by Gasteiger charge is -2.23. The van der Waals surface area contributed by atoms with E-state index in [1.165, 1.54) is 18.3 Å². The minimum atomic E-state index is 0.504. The van der Waals surface area contributed by atoms with E-state index in [0.29, 0.717) is 11.7 Å². The van der Waals surface area contributed by atoms with Crippen molar-refractivity contribution in [2.45, 2.75) is 18.4 Å². The van der Waals surface area contributed by atoms with Crippen molar-refractivity contribution >= 4 is 29.4 Å². The fourth-order valence-electron chi connectivity index (χ4n) is 2.44. The van der Waals surface area contributed by atoms with E-state index in [0.717, 1.165) is 33.3 Å². The van der Waals surface area contributed by atoms with Gasteiger partial charge in [-0.1, -0.05) is 11.6 Å². The average Bonchev–Trinajstić information content (AvgIpc) is 2.71. The second kappa shape index (κ2) is 8.92. The minimum absolute atomic E-state index is 0.504.